The first-order valence-electron chi connectivity index (χ1n) is 7.60. The average molecular weight is 401 g/mol. The SMILES string of the molecule is CCOC(=O)/N=C(/Nc1cc2c(c(Br)c1C)COCC2)SCC. The lowest BCUT2D eigenvalue weighted by Gasteiger charge is -2.22. The highest BCUT2D eigenvalue weighted by Gasteiger charge is 2.18. The minimum absolute atomic E-state index is 0.315. The van der Waals surface area contributed by atoms with Crippen molar-refractivity contribution in [3.63, 3.8) is 0 Å². The molecule has 0 atom stereocenters. The predicted octanol–water partition coefficient (Wildman–Crippen LogP) is 4.51. The van der Waals surface area contributed by atoms with E-state index in [0.29, 0.717) is 18.4 Å². The topological polar surface area (TPSA) is 59.9 Å². The lowest BCUT2D eigenvalue weighted by molar-refractivity contribution is 0.110. The molecule has 126 valence electrons. The van der Waals surface area contributed by atoms with Gasteiger partial charge in [0, 0.05) is 10.2 Å². The second-order valence-corrected chi connectivity index (χ2v) is 7.02. The predicted molar refractivity (Wildman–Crippen MR) is 98.5 cm³/mol. The van der Waals surface area contributed by atoms with Crippen LogP contribution in [0.2, 0.25) is 0 Å². The van der Waals surface area contributed by atoms with E-state index in [1.807, 2.05) is 13.8 Å². The van der Waals surface area contributed by atoms with Gasteiger partial charge in [-0.15, -0.1) is 0 Å². The third kappa shape index (κ3) is 4.71. The summed E-state index contributed by atoms with van der Waals surface area (Å²) in [7, 11) is 0. The van der Waals surface area contributed by atoms with Crippen molar-refractivity contribution in [2.75, 3.05) is 24.3 Å². The Morgan fingerprint density at radius 1 is 1.52 bits per heavy atom. The fourth-order valence-electron chi connectivity index (χ4n) is 2.31. The molecule has 0 spiro atoms. The molecule has 0 aromatic heterocycles. The number of benzene rings is 1. The lowest BCUT2D eigenvalue weighted by atomic mass is 9.99. The minimum atomic E-state index is -0.570. The molecule has 0 saturated heterocycles. The smallest absolute Gasteiger partial charge is 0.436 e. The normalized spacial score (nSPS) is 14.3. The number of amidine groups is 1. The van der Waals surface area contributed by atoms with Gasteiger partial charge < -0.3 is 14.8 Å². The molecule has 0 bridgehead atoms. The maximum atomic E-state index is 11.6. The molecule has 1 aliphatic heterocycles. The molecule has 2 rings (SSSR count). The van der Waals surface area contributed by atoms with Gasteiger partial charge in [0.2, 0.25) is 0 Å². The molecule has 1 aliphatic rings. The molecule has 5 nitrogen and oxygen atoms in total. The Morgan fingerprint density at radius 2 is 2.30 bits per heavy atom. The Hall–Kier alpha value is -1.05. The third-order valence-electron chi connectivity index (χ3n) is 3.45. The van der Waals surface area contributed by atoms with Crippen LogP contribution in [-0.4, -0.2) is 30.2 Å². The summed E-state index contributed by atoms with van der Waals surface area (Å²) in [5.41, 5.74) is 4.48. The van der Waals surface area contributed by atoms with E-state index >= 15 is 0 Å². The average Bonchev–Trinajstić information content (AvgIpc) is 2.53. The van der Waals surface area contributed by atoms with Gasteiger partial charge >= 0.3 is 6.09 Å². The quantitative estimate of drug-likeness (QED) is 0.597. The summed E-state index contributed by atoms with van der Waals surface area (Å²) >= 11 is 5.14. The molecular formula is C16H21BrN2O3S. The molecule has 0 radical (unpaired) electrons. The zero-order chi connectivity index (χ0) is 16.8. The van der Waals surface area contributed by atoms with Gasteiger partial charge in [0.05, 0.1) is 19.8 Å². The van der Waals surface area contributed by atoms with Crippen LogP contribution in [0.25, 0.3) is 0 Å². The Kier molecular flexibility index (Phi) is 6.92. The van der Waals surface area contributed by atoms with Crippen molar-refractivity contribution in [3.8, 4) is 0 Å². The Bertz CT molecular complexity index is 620. The van der Waals surface area contributed by atoms with E-state index < -0.39 is 6.09 Å². The Balaban J connectivity index is 2.29. The van der Waals surface area contributed by atoms with E-state index in [0.717, 1.165) is 34.5 Å². The van der Waals surface area contributed by atoms with Crippen LogP contribution in [-0.2, 0) is 22.5 Å². The number of halogens is 1. The molecule has 0 saturated carbocycles. The molecule has 23 heavy (non-hydrogen) atoms. The lowest BCUT2D eigenvalue weighted by Crippen LogP contribution is -2.16. The Morgan fingerprint density at radius 3 is 3.00 bits per heavy atom. The molecule has 0 fully saturated rings. The first-order chi connectivity index (χ1) is 11.1. The summed E-state index contributed by atoms with van der Waals surface area (Å²) < 4.78 is 11.5. The summed E-state index contributed by atoms with van der Waals surface area (Å²) in [6.07, 6.45) is 0.313. The highest BCUT2D eigenvalue weighted by molar-refractivity contribution is 9.10. The number of aliphatic imine (C=N–C) groups is 1. The summed E-state index contributed by atoms with van der Waals surface area (Å²) in [6.45, 7) is 7.48. The zero-order valence-corrected chi connectivity index (χ0v) is 16.0. The first kappa shape index (κ1) is 18.3. The van der Waals surface area contributed by atoms with Gasteiger partial charge in [0.15, 0.2) is 5.17 Å². The van der Waals surface area contributed by atoms with Gasteiger partial charge in [-0.2, -0.15) is 4.99 Å². The molecule has 1 aromatic rings. The largest absolute Gasteiger partial charge is 0.448 e. The maximum Gasteiger partial charge on any atom is 0.436 e. The van der Waals surface area contributed by atoms with Crippen LogP contribution in [0.5, 0.6) is 0 Å². The number of rotatable bonds is 3. The molecule has 1 heterocycles. The summed E-state index contributed by atoms with van der Waals surface area (Å²) in [4.78, 5) is 15.6. The third-order valence-corrected chi connectivity index (χ3v) is 5.28. The number of ether oxygens (including phenoxy) is 2. The number of hydrogen-bond acceptors (Lipinski definition) is 4. The van der Waals surface area contributed by atoms with E-state index in [2.05, 4.69) is 32.3 Å². The van der Waals surface area contributed by atoms with Gasteiger partial charge in [-0.05, 0) is 48.8 Å². The van der Waals surface area contributed by atoms with E-state index in [1.165, 1.54) is 22.9 Å². The van der Waals surface area contributed by atoms with Crippen molar-refractivity contribution in [1.29, 1.82) is 0 Å². The number of nitrogens with zero attached hydrogens (tertiary/aromatic N) is 1. The molecule has 0 unspecified atom stereocenters. The van der Waals surface area contributed by atoms with Gasteiger partial charge in [0.25, 0.3) is 0 Å². The van der Waals surface area contributed by atoms with Crippen LogP contribution >= 0.6 is 27.7 Å². The van der Waals surface area contributed by atoms with E-state index in [4.69, 9.17) is 9.47 Å². The Labute approximate surface area is 149 Å². The van der Waals surface area contributed by atoms with Gasteiger partial charge in [0.1, 0.15) is 0 Å². The summed E-state index contributed by atoms with van der Waals surface area (Å²) in [6, 6.07) is 2.12. The van der Waals surface area contributed by atoms with Crippen LogP contribution in [0.1, 0.15) is 30.5 Å². The van der Waals surface area contributed by atoms with Crippen LogP contribution in [0.3, 0.4) is 0 Å². The molecule has 1 aromatic carbocycles. The molecule has 0 aliphatic carbocycles. The summed E-state index contributed by atoms with van der Waals surface area (Å²) in [5.74, 6) is 0.810. The zero-order valence-electron chi connectivity index (χ0n) is 13.6. The molecule has 7 heteroatoms. The van der Waals surface area contributed by atoms with Crippen LogP contribution in [0.4, 0.5) is 10.5 Å². The number of hydrogen-bond donors (Lipinski definition) is 1. The van der Waals surface area contributed by atoms with Crippen molar-refractivity contribution in [3.05, 3.63) is 27.2 Å². The monoisotopic (exact) mass is 400 g/mol. The maximum absolute atomic E-state index is 11.6. The van der Waals surface area contributed by atoms with E-state index in [-0.39, 0.29) is 0 Å². The van der Waals surface area contributed by atoms with Gasteiger partial charge in [-0.3, -0.25) is 0 Å². The van der Waals surface area contributed by atoms with Crippen molar-refractivity contribution in [2.45, 2.75) is 33.8 Å². The summed E-state index contributed by atoms with van der Waals surface area (Å²) in [5, 5.41) is 3.82. The van der Waals surface area contributed by atoms with Crippen LogP contribution < -0.4 is 5.32 Å². The fraction of sp³-hybridized carbons (Fsp3) is 0.500. The highest BCUT2D eigenvalue weighted by Crippen LogP contribution is 2.34. The second kappa shape index (κ2) is 8.70. The van der Waals surface area contributed by atoms with Crippen molar-refractivity contribution in [1.82, 2.24) is 0 Å². The van der Waals surface area contributed by atoms with Crippen LogP contribution in [0.15, 0.2) is 15.5 Å². The number of carbonyl (C=O) groups is 1. The van der Waals surface area contributed by atoms with Crippen LogP contribution in [0, 0.1) is 6.92 Å². The molecular weight excluding hydrogens is 380 g/mol. The highest BCUT2D eigenvalue weighted by atomic mass is 79.9. The first-order valence-corrected chi connectivity index (χ1v) is 9.38. The minimum Gasteiger partial charge on any atom is -0.448 e. The number of amides is 1. The van der Waals surface area contributed by atoms with Gasteiger partial charge in [-0.1, -0.05) is 34.6 Å². The number of anilines is 1. The number of nitrogens with one attached hydrogen (secondary N) is 1. The van der Waals surface area contributed by atoms with Gasteiger partial charge in [-0.25, -0.2) is 4.79 Å². The second-order valence-electron chi connectivity index (χ2n) is 4.98. The molecule has 1 N–H and O–H groups in total. The molecule has 1 amide bonds. The van der Waals surface area contributed by atoms with E-state index in [9.17, 15) is 4.79 Å². The standard InChI is InChI=1S/C16H21BrN2O3S/c1-4-22-16(20)19-15(23-5-2)18-13-8-11-6-7-21-9-12(11)14(17)10(13)3/h8H,4-7,9H2,1-3H3,(H,18,19,20). The van der Waals surface area contributed by atoms with Crippen molar-refractivity contribution >= 4 is 44.6 Å². The number of thioether (sulfide) groups is 1. The number of fused-ring (bicyclic) bond motifs is 1. The fourth-order valence-corrected chi connectivity index (χ4v) is 3.48. The van der Waals surface area contributed by atoms with Crippen molar-refractivity contribution < 1.29 is 14.3 Å². The van der Waals surface area contributed by atoms with Crippen molar-refractivity contribution in [2.24, 2.45) is 4.99 Å². The number of carbonyl (C=O) groups excluding carboxylic acids is 1. The van der Waals surface area contributed by atoms with E-state index in [1.54, 1.807) is 6.92 Å².